The number of benzene rings is 1. The second-order valence-corrected chi connectivity index (χ2v) is 5.39. The fourth-order valence-electron chi connectivity index (χ4n) is 2.44. The molecule has 7 nitrogen and oxygen atoms in total. The molecule has 1 fully saturated rings. The van der Waals surface area contributed by atoms with Crippen molar-refractivity contribution in [3.63, 3.8) is 0 Å². The van der Waals surface area contributed by atoms with E-state index in [1.54, 1.807) is 18.2 Å². The van der Waals surface area contributed by atoms with Crippen molar-refractivity contribution < 1.29 is 23.7 Å². The molecule has 0 aliphatic carbocycles. The van der Waals surface area contributed by atoms with Gasteiger partial charge in [-0.2, -0.15) is 0 Å². The zero-order valence-electron chi connectivity index (χ0n) is 12.7. The SMILES string of the molecule is Cl.NC1(C(=O)NCCOc2ccc3c(c2)OCO3)CCOCC1. The molecule has 0 spiro atoms. The van der Waals surface area contributed by atoms with Gasteiger partial charge in [-0.05, 0) is 25.0 Å². The van der Waals surface area contributed by atoms with Gasteiger partial charge in [0.25, 0.3) is 0 Å². The third kappa shape index (κ3) is 4.19. The number of hydrogen-bond donors (Lipinski definition) is 2. The summed E-state index contributed by atoms with van der Waals surface area (Å²) >= 11 is 0. The summed E-state index contributed by atoms with van der Waals surface area (Å²) in [5.74, 6) is 1.91. The van der Waals surface area contributed by atoms with Crippen LogP contribution >= 0.6 is 12.4 Å². The highest BCUT2D eigenvalue weighted by molar-refractivity contribution is 5.86. The highest BCUT2D eigenvalue weighted by Crippen LogP contribution is 2.34. The Morgan fingerprint density at radius 2 is 2.00 bits per heavy atom. The molecule has 128 valence electrons. The molecule has 1 aromatic rings. The van der Waals surface area contributed by atoms with E-state index in [9.17, 15) is 4.79 Å². The number of carbonyl (C=O) groups is 1. The van der Waals surface area contributed by atoms with Gasteiger partial charge in [0.2, 0.25) is 12.7 Å². The number of halogens is 1. The van der Waals surface area contributed by atoms with E-state index >= 15 is 0 Å². The molecule has 1 saturated heterocycles. The first-order valence-electron chi connectivity index (χ1n) is 7.35. The smallest absolute Gasteiger partial charge is 0.240 e. The second kappa shape index (κ2) is 7.72. The van der Waals surface area contributed by atoms with Gasteiger partial charge >= 0.3 is 0 Å². The van der Waals surface area contributed by atoms with E-state index < -0.39 is 5.54 Å². The van der Waals surface area contributed by atoms with E-state index in [2.05, 4.69) is 5.32 Å². The van der Waals surface area contributed by atoms with Gasteiger partial charge in [-0.25, -0.2) is 0 Å². The minimum Gasteiger partial charge on any atom is -0.492 e. The van der Waals surface area contributed by atoms with Crippen LogP contribution in [0, 0.1) is 0 Å². The standard InChI is InChI=1S/C15H20N2O5.ClH/c16-15(3-6-19-7-4-15)14(18)17-5-8-20-11-1-2-12-13(9-11)22-10-21-12;/h1-2,9H,3-8,10,16H2,(H,17,18);1H. The molecule has 23 heavy (non-hydrogen) atoms. The van der Waals surface area contributed by atoms with Crippen molar-refractivity contribution in [1.29, 1.82) is 0 Å². The minimum atomic E-state index is -0.822. The van der Waals surface area contributed by atoms with Crippen LogP contribution in [0.25, 0.3) is 0 Å². The van der Waals surface area contributed by atoms with E-state index in [4.69, 9.17) is 24.7 Å². The van der Waals surface area contributed by atoms with Gasteiger partial charge in [0.05, 0.1) is 12.1 Å². The van der Waals surface area contributed by atoms with Crippen molar-refractivity contribution in [1.82, 2.24) is 5.32 Å². The number of nitrogens with one attached hydrogen (secondary N) is 1. The molecule has 0 saturated carbocycles. The normalized spacial score (nSPS) is 18.0. The van der Waals surface area contributed by atoms with Crippen LogP contribution in [-0.2, 0) is 9.53 Å². The summed E-state index contributed by atoms with van der Waals surface area (Å²) < 4.78 is 21.3. The Balaban J connectivity index is 0.00000192. The topological polar surface area (TPSA) is 92.0 Å². The molecule has 8 heteroatoms. The highest BCUT2D eigenvalue weighted by atomic mass is 35.5. The molecule has 2 aliphatic heterocycles. The van der Waals surface area contributed by atoms with Crippen LogP contribution in [0.3, 0.4) is 0 Å². The van der Waals surface area contributed by atoms with E-state index in [1.807, 2.05) is 0 Å². The monoisotopic (exact) mass is 344 g/mol. The Morgan fingerprint density at radius 3 is 2.78 bits per heavy atom. The summed E-state index contributed by atoms with van der Waals surface area (Å²) in [6.45, 7) is 2.04. The maximum atomic E-state index is 12.1. The zero-order valence-corrected chi connectivity index (χ0v) is 13.5. The molecule has 1 aromatic carbocycles. The van der Waals surface area contributed by atoms with Gasteiger partial charge in [0.1, 0.15) is 12.4 Å². The number of rotatable bonds is 5. The van der Waals surface area contributed by atoms with E-state index in [0.717, 1.165) is 0 Å². The van der Waals surface area contributed by atoms with Crippen LogP contribution < -0.4 is 25.3 Å². The van der Waals surface area contributed by atoms with Crippen LogP contribution in [0.15, 0.2) is 18.2 Å². The van der Waals surface area contributed by atoms with Crippen LogP contribution in [0.2, 0.25) is 0 Å². The predicted octanol–water partition coefficient (Wildman–Crippen LogP) is 0.840. The van der Waals surface area contributed by atoms with Gasteiger partial charge in [-0.3, -0.25) is 4.79 Å². The summed E-state index contributed by atoms with van der Waals surface area (Å²) in [6.07, 6.45) is 1.09. The third-order valence-corrected chi connectivity index (χ3v) is 3.84. The molecule has 2 heterocycles. The van der Waals surface area contributed by atoms with E-state index in [1.165, 1.54) is 0 Å². The van der Waals surface area contributed by atoms with Gasteiger partial charge in [0.15, 0.2) is 11.5 Å². The van der Waals surface area contributed by atoms with Crippen LogP contribution in [0.5, 0.6) is 17.2 Å². The van der Waals surface area contributed by atoms with Crippen molar-refractivity contribution in [3.05, 3.63) is 18.2 Å². The maximum absolute atomic E-state index is 12.1. The summed E-state index contributed by atoms with van der Waals surface area (Å²) in [7, 11) is 0. The Bertz CT molecular complexity index is 549. The predicted molar refractivity (Wildman–Crippen MR) is 85.3 cm³/mol. The second-order valence-electron chi connectivity index (χ2n) is 5.39. The van der Waals surface area contributed by atoms with Gasteiger partial charge in [0, 0.05) is 19.3 Å². The summed E-state index contributed by atoms with van der Waals surface area (Å²) in [4.78, 5) is 12.1. The van der Waals surface area contributed by atoms with Crippen molar-refractivity contribution >= 4 is 18.3 Å². The lowest BCUT2D eigenvalue weighted by molar-refractivity contribution is -0.129. The first kappa shape index (κ1) is 17.7. The lowest BCUT2D eigenvalue weighted by Crippen LogP contribution is -2.57. The molecular weight excluding hydrogens is 324 g/mol. The molecule has 0 atom stereocenters. The van der Waals surface area contributed by atoms with E-state index in [-0.39, 0.29) is 25.1 Å². The van der Waals surface area contributed by atoms with Crippen molar-refractivity contribution in [2.75, 3.05) is 33.2 Å². The van der Waals surface area contributed by atoms with Crippen molar-refractivity contribution in [2.45, 2.75) is 18.4 Å². The fraction of sp³-hybridized carbons (Fsp3) is 0.533. The van der Waals surface area contributed by atoms with Crippen molar-refractivity contribution in [3.8, 4) is 17.2 Å². The molecule has 2 aliphatic rings. The number of nitrogens with two attached hydrogens (primary N) is 1. The zero-order chi connectivity index (χ0) is 15.4. The molecule has 0 radical (unpaired) electrons. The average molecular weight is 345 g/mol. The summed E-state index contributed by atoms with van der Waals surface area (Å²) in [5, 5.41) is 2.82. The Morgan fingerprint density at radius 1 is 1.26 bits per heavy atom. The summed E-state index contributed by atoms with van der Waals surface area (Å²) in [5.41, 5.74) is 5.27. The first-order chi connectivity index (χ1) is 10.7. The van der Waals surface area contributed by atoms with Crippen molar-refractivity contribution in [2.24, 2.45) is 5.73 Å². The van der Waals surface area contributed by atoms with Crippen LogP contribution in [-0.4, -0.2) is 44.6 Å². The average Bonchev–Trinajstić information content (AvgIpc) is 2.99. The lowest BCUT2D eigenvalue weighted by Gasteiger charge is -2.31. The molecule has 1 amide bonds. The van der Waals surface area contributed by atoms with Crippen LogP contribution in [0.4, 0.5) is 0 Å². The Hall–Kier alpha value is -1.70. The molecule has 0 unspecified atom stereocenters. The third-order valence-electron chi connectivity index (χ3n) is 3.84. The number of hydrogen-bond acceptors (Lipinski definition) is 6. The Labute approximate surface area is 140 Å². The quantitative estimate of drug-likeness (QED) is 0.769. The summed E-state index contributed by atoms with van der Waals surface area (Å²) in [6, 6.07) is 5.37. The number of carbonyl (C=O) groups excluding carboxylic acids is 1. The largest absolute Gasteiger partial charge is 0.492 e. The molecule has 0 aromatic heterocycles. The van der Waals surface area contributed by atoms with Gasteiger partial charge in [-0.1, -0.05) is 0 Å². The van der Waals surface area contributed by atoms with Gasteiger partial charge in [-0.15, -0.1) is 12.4 Å². The molecule has 3 rings (SSSR count). The molecule has 3 N–H and O–H groups in total. The molecule has 0 bridgehead atoms. The lowest BCUT2D eigenvalue weighted by atomic mass is 9.90. The molecular formula is C15H21ClN2O5. The fourth-order valence-corrected chi connectivity index (χ4v) is 2.44. The van der Waals surface area contributed by atoms with E-state index in [0.29, 0.717) is 56.5 Å². The maximum Gasteiger partial charge on any atom is 0.240 e. The Kier molecular flexibility index (Phi) is 5.92. The number of ether oxygens (including phenoxy) is 4. The first-order valence-corrected chi connectivity index (χ1v) is 7.35. The highest BCUT2D eigenvalue weighted by Gasteiger charge is 2.35. The number of fused-ring (bicyclic) bond motifs is 1. The van der Waals surface area contributed by atoms with Gasteiger partial charge < -0.3 is 30.0 Å². The minimum absolute atomic E-state index is 0. The van der Waals surface area contributed by atoms with Crippen LogP contribution in [0.1, 0.15) is 12.8 Å². The number of amides is 1.